The predicted octanol–water partition coefficient (Wildman–Crippen LogP) is 6.86. The summed E-state index contributed by atoms with van der Waals surface area (Å²) in [6.07, 6.45) is 13.4. The number of fused-ring (bicyclic) bond motifs is 3. The Balaban J connectivity index is 1.41. The van der Waals surface area contributed by atoms with Gasteiger partial charge in [-0.2, -0.15) is 0 Å². The molecule has 1 amide bonds. The second-order valence-corrected chi connectivity index (χ2v) is 23.6. The van der Waals surface area contributed by atoms with E-state index in [4.69, 9.17) is 33.2 Å². The van der Waals surface area contributed by atoms with Gasteiger partial charge >= 0.3 is 5.97 Å². The van der Waals surface area contributed by atoms with Gasteiger partial charge in [-0.1, -0.05) is 71.1 Å². The van der Waals surface area contributed by atoms with Crippen LogP contribution in [0.1, 0.15) is 132 Å². The Kier molecular flexibility index (Phi) is 27.0. The molecule has 1 unspecified atom stereocenters. The first-order valence-electron chi connectivity index (χ1n) is 29.3. The molecule has 2 N–H and O–H groups in total. The number of nitrogens with zero attached hydrogens (tertiary/aromatic N) is 3. The molecule has 0 aromatic rings. The number of aliphatic hydroxyl groups excluding tert-OH is 1. The van der Waals surface area contributed by atoms with Crippen molar-refractivity contribution in [1.29, 1.82) is 0 Å². The molecule has 78 heavy (non-hydrogen) atoms. The summed E-state index contributed by atoms with van der Waals surface area (Å²) in [5.74, 6) is -7.89. The van der Waals surface area contributed by atoms with Gasteiger partial charge in [0.25, 0.3) is 11.7 Å². The molecular weight excluding hydrogens is 999 g/mol. The maximum Gasteiger partial charge on any atom is 0.329 e. The SMILES string of the molecule is COCCO[C@H]1C[C@@H]2CC[C@@H](C)[C@@](O)(O2)C(=O)C(=O)N2CCCCC2C(=O)O[C@H]([C@H](C)C[C@@H]2CC[C@@H](OCCCN3CCN(C)CC3)[C@H](OC)C2)CC(=O)[C@H](C)/C=C(\C)[C@@H](O)[C@@H](OC)C(=O)[C@H](C)C[C@H](C)/C=C/C=C/C=C/1C. The third-order valence-corrected chi connectivity index (χ3v) is 17.3. The summed E-state index contributed by atoms with van der Waals surface area (Å²) in [7, 11) is 6.85. The van der Waals surface area contributed by atoms with Crippen LogP contribution in [0.25, 0.3) is 0 Å². The van der Waals surface area contributed by atoms with Crippen LogP contribution in [0, 0.1) is 35.5 Å². The Morgan fingerprint density at radius 1 is 0.795 bits per heavy atom. The van der Waals surface area contributed by atoms with Crippen LogP contribution in [0.15, 0.2) is 47.6 Å². The number of rotatable bonds is 14. The fourth-order valence-corrected chi connectivity index (χ4v) is 12.1. The Labute approximate surface area is 466 Å². The zero-order valence-corrected chi connectivity index (χ0v) is 49.2. The molecule has 0 spiro atoms. The Morgan fingerprint density at radius 2 is 1.54 bits per heavy atom. The normalized spacial score (nSPS) is 37.4. The molecule has 5 rings (SSSR count). The number of carbonyl (C=O) groups is 5. The number of amides is 1. The molecule has 1 saturated carbocycles. The van der Waals surface area contributed by atoms with Crippen LogP contribution in [0.3, 0.4) is 0 Å². The van der Waals surface area contributed by atoms with Gasteiger partial charge in [-0.15, -0.1) is 0 Å². The van der Waals surface area contributed by atoms with Gasteiger partial charge in [-0.05, 0) is 120 Å². The van der Waals surface area contributed by atoms with Crippen LogP contribution in [0.5, 0.6) is 0 Å². The molecule has 442 valence electrons. The van der Waals surface area contributed by atoms with Crippen molar-refractivity contribution < 1.29 is 67.3 Å². The summed E-state index contributed by atoms with van der Waals surface area (Å²) >= 11 is 0. The predicted molar refractivity (Wildman–Crippen MR) is 298 cm³/mol. The molecule has 4 fully saturated rings. The number of allylic oxidation sites excluding steroid dienone is 6. The smallest absolute Gasteiger partial charge is 0.329 e. The fraction of sp³-hybridized carbons (Fsp3) is 0.787. The summed E-state index contributed by atoms with van der Waals surface area (Å²) in [6.45, 7) is 19.5. The van der Waals surface area contributed by atoms with Crippen molar-refractivity contribution in [2.75, 3.05) is 87.5 Å². The van der Waals surface area contributed by atoms with E-state index in [1.807, 2.05) is 58.1 Å². The molecule has 15 atom stereocenters. The van der Waals surface area contributed by atoms with Gasteiger partial charge in [0, 0.05) is 97.8 Å². The number of cyclic esters (lactones) is 1. The van der Waals surface area contributed by atoms with Gasteiger partial charge in [0.2, 0.25) is 5.79 Å². The highest BCUT2D eigenvalue weighted by Crippen LogP contribution is 2.38. The highest BCUT2D eigenvalue weighted by atomic mass is 16.6. The molecule has 4 aliphatic heterocycles. The van der Waals surface area contributed by atoms with Crippen molar-refractivity contribution in [2.24, 2.45) is 35.5 Å². The van der Waals surface area contributed by atoms with Gasteiger partial charge in [-0.3, -0.25) is 19.2 Å². The van der Waals surface area contributed by atoms with Crippen LogP contribution in [-0.4, -0.2) is 196 Å². The molecule has 3 saturated heterocycles. The number of carbonyl (C=O) groups excluding carboxylic acids is 5. The van der Waals surface area contributed by atoms with E-state index in [0.29, 0.717) is 57.3 Å². The van der Waals surface area contributed by atoms with Crippen LogP contribution in [0.4, 0.5) is 0 Å². The van der Waals surface area contributed by atoms with Crippen LogP contribution >= 0.6 is 0 Å². The zero-order valence-electron chi connectivity index (χ0n) is 49.2. The van der Waals surface area contributed by atoms with Crippen molar-refractivity contribution in [3.8, 4) is 0 Å². The van der Waals surface area contributed by atoms with E-state index >= 15 is 0 Å². The van der Waals surface area contributed by atoms with Crippen molar-refractivity contribution >= 4 is 29.2 Å². The maximum atomic E-state index is 14.7. The van der Waals surface area contributed by atoms with Gasteiger partial charge in [0.05, 0.1) is 37.6 Å². The average molecular weight is 1100 g/mol. The Morgan fingerprint density at radius 3 is 2.24 bits per heavy atom. The average Bonchev–Trinajstić information content (AvgIpc) is 3.46. The standard InChI is InChI=1S/C61H99N3O14/c1-40-18-13-12-14-19-41(2)52(76-33-32-72-9)38-48-23-21-46(7)61(71,78-48)58(68)59(69)64-26-16-15-20-49(64)60(70)77-53(39-50(65)42(3)35-45(6)56(67)57(74-11)55(66)44(5)34-40)43(4)36-47-22-24-51(54(37-47)73-10)75-31-17-25-63-29-27-62(8)28-30-63/h12-14,18-19,35,40,42-44,46-49,51-54,56-57,67,71H,15-17,20-34,36-39H2,1-11H3/b14-12+,18-13+,41-19+,45-35+/t40-,42-,43-,44-,46-,47+,48+,49?,51-,52+,53+,54-,56-,57+,61-/m1/s1. The van der Waals surface area contributed by atoms with Crippen molar-refractivity contribution in [1.82, 2.24) is 14.7 Å². The molecule has 17 heteroatoms. The Hall–Kier alpha value is -3.49. The minimum absolute atomic E-state index is 0.00546. The molecule has 0 aromatic heterocycles. The molecule has 5 aliphatic rings. The van der Waals surface area contributed by atoms with E-state index in [0.717, 1.165) is 64.0 Å². The van der Waals surface area contributed by atoms with Crippen LogP contribution < -0.4 is 0 Å². The van der Waals surface area contributed by atoms with Crippen LogP contribution in [0.2, 0.25) is 0 Å². The van der Waals surface area contributed by atoms with Crippen LogP contribution in [-0.2, 0) is 57.1 Å². The summed E-state index contributed by atoms with van der Waals surface area (Å²) in [5.41, 5.74) is 1.27. The topological polar surface area (TPSA) is 200 Å². The maximum absolute atomic E-state index is 14.7. The molecular formula is C61H99N3O14. The third-order valence-electron chi connectivity index (χ3n) is 17.3. The van der Waals surface area contributed by atoms with E-state index < -0.39 is 77.8 Å². The number of Topliss-reactive ketones (excluding diaryl/α,β-unsaturated/α-hetero) is 3. The van der Waals surface area contributed by atoms with Crippen molar-refractivity contribution in [3.63, 3.8) is 0 Å². The lowest BCUT2D eigenvalue weighted by molar-refractivity contribution is -0.266. The minimum atomic E-state index is -2.46. The first kappa shape index (κ1) is 65.3. The van der Waals surface area contributed by atoms with Crippen molar-refractivity contribution in [3.05, 3.63) is 47.6 Å². The quantitative estimate of drug-likeness (QED) is 0.0791. The molecule has 4 heterocycles. The lowest BCUT2D eigenvalue weighted by Gasteiger charge is -2.43. The molecule has 2 bridgehead atoms. The Bertz CT molecular complexity index is 2050. The number of ketones is 3. The lowest BCUT2D eigenvalue weighted by Crippen LogP contribution is -2.61. The first-order chi connectivity index (χ1) is 37.2. The van der Waals surface area contributed by atoms with E-state index in [1.165, 1.54) is 12.0 Å². The van der Waals surface area contributed by atoms with E-state index in [9.17, 15) is 34.2 Å². The van der Waals surface area contributed by atoms with Gasteiger partial charge in [0.15, 0.2) is 5.78 Å². The van der Waals surface area contributed by atoms with E-state index in [2.05, 4.69) is 16.8 Å². The molecule has 17 nitrogen and oxygen atoms in total. The summed E-state index contributed by atoms with van der Waals surface area (Å²) in [6, 6.07) is -1.14. The number of piperazine rings is 1. The number of aliphatic hydroxyl groups is 2. The van der Waals surface area contributed by atoms with Gasteiger partial charge in [-0.25, -0.2) is 4.79 Å². The van der Waals surface area contributed by atoms with Gasteiger partial charge in [0.1, 0.15) is 30.1 Å². The highest BCUT2D eigenvalue weighted by Gasteiger charge is 2.53. The van der Waals surface area contributed by atoms with E-state index in [1.54, 1.807) is 41.1 Å². The largest absolute Gasteiger partial charge is 0.460 e. The number of esters is 1. The monoisotopic (exact) mass is 1100 g/mol. The molecule has 1 aliphatic carbocycles. The number of methoxy groups -OCH3 is 3. The summed E-state index contributed by atoms with van der Waals surface area (Å²) in [4.78, 5) is 78.0. The number of piperidine rings is 1. The fourth-order valence-electron chi connectivity index (χ4n) is 12.1. The molecule has 0 aromatic carbocycles. The zero-order chi connectivity index (χ0) is 57.1. The second-order valence-electron chi connectivity index (χ2n) is 23.6. The van der Waals surface area contributed by atoms with Crippen molar-refractivity contribution in [2.45, 2.75) is 186 Å². The van der Waals surface area contributed by atoms with E-state index in [-0.39, 0.29) is 73.9 Å². The highest BCUT2D eigenvalue weighted by molar-refractivity contribution is 6.39. The number of likely N-dealkylation sites (N-methyl/N-ethyl adjacent to an activating group) is 1. The lowest BCUT2D eigenvalue weighted by atomic mass is 9.78. The summed E-state index contributed by atoms with van der Waals surface area (Å²) in [5, 5.41) is 23.8. The summed E-state index contributed by atoms with van der Waals surface area (Å²) < 4.78 is 42.4. The van der Waals surface area contributed by atoms with Gasteiger partial charge < -0.3 is 58.1 Å². The first-order valence-corrected chi connectivity index (χ1v) is 29.3. The molecule has 0 radical (unpaired) electrons. The third kappa shape index (κ3) is 18.8. The second kappa shape index (κ2) is 32.2. The number of hydrogen-bond acceptors (Lipinski definition) is 16. The minimum Gasteiger partial charge on any atom is -0.460 e. The number of hydrogen-bond donors (Lipinski definition) is 2. The number of ether oxygens (including phenoxy) is 7.